The number of allylic oxidation sites excluding steroid dienone is 2. The summed E-state index contributed by atoms with van der Waals surface area (Å²) in [5, 5.41) is 0. The minimum Gasteiger partial charge on any atom is -0.489 e. The van der Waals surface area contributed by atoms with E-state index in [0.717, 1.165) is 74.2 Å². The molecule has 0 N–H and O–H groups in total. The summed E-state index contributed by atoms with van der Waals surface area (Å²) in [6.07, 6.45) is 10.3. The van der Waals surface area contributed by atoms with Crippen LogP contribution in [0.25, 0.3) is 0 Å². The first-order valence-corrected chi connectivity index (χ1v) is 15.6. The minimum atomic E-state index is -0.302. The van der Waals surface area contributed by atoms with E-state index in [4.69, 9.17) is 23.7 Å². The van der Waals surface area contributed by atoms with Crippen LogP contribution in [0.3, 0.4) is 0 Å². The van der Waals surface area contributed by atoms with Crippen molar-refractivity contribution in [3.8, 4) is 17.2 Å². The Morgan fingerprint density at radius 1 is 0.909 bits per heavy atom. The minimum absolute atomic E-state index is 0.162. The standard InChI is InChI=1S/C37H42O7/c1-40-36(38)14-5-3-4-9-27(31-12-8-11-29-24-30(37(39)41-2)18-19-32(29)31)16-17-28-10-6-7-13-33(28)44-25-26-15-20-34-35(23-26)43-22-21-42-34/h6-7,9-10,13,15,18-20,23-24,31H,3-5,8,11-12,14,16-17,21-22,25H2,1-2H3/b27-9+/t31-/m0/s1. The smallest absolute Gasteiger partial charge is 0.337 e. The van der Waals surface area contributed by atoms with Gasteiger partial charge in [0.25, 0.3) is 0 Å². The summed E-state index contributed by atoms with van der Waals surface area (Å²) >= 11 is 0. The van der Waals surface area contributed by atoms with Crippen molar-refractivity contribution in [3.05, 3.63) is 100 Å². The fourth-order valence-corrected chi connectivity index (χ4v) is 6.13. The summed E-state index contributed by atoms with van der Waals surface area (Å²) < 4.78 is 27.5. The Kier molecular flexibility index (Phi) is 11.0. The maximum absolute atomic E-state index is 12.2. The second-order valence-corrected chi connectivity index (χ2v) is 11.3. The molecular weight excluding hydrogens is 556 g/mol. The molecule has 2 aliphatic rings. The van der Waals surface area contributed by atoms with Crippen molar-refractivity contribution in [3.63, 3.8) is 0 Å². The molecule has 0 radical (unpaired) electrons. The highest BCUT2D eigenvalue weighted by Gasteiger charge is 2.25. The van der Waals surface area contributed by atoms with Crippen molar-refractivity contribution in [2.45, 2.75) is 70.3 Å². The van der Waals surface area contributed by atoms with Crippen LogP contribution in [0, 0.1) is 0 Å². The van der Waals surface area contributed by atoms with Gasteiger partial charge in [-0.15, -0.1) is 0 Å². The van der Waals surface area contributed by atoms with Crippen LogP contribution in [0.2, 0.25) is 0 Å². The van der Waals surface area contributed by atoms with Gasteiger partial charge in [0, 0.05) is 12.3 Å². The molecule has 0 unspecified atom stereocenters. The molecule has 0 aromatic heterocycles. The fraction of sp³-hybridized carbons (Fsp3) is 0.405. The molecule has 1 aliphatic heterocycles. The average Bonchev–Trinajstić information content (AvgIpc) is 3.07. The lowest BCUT2D eigenvalue weighted by Crippen LogP contribution is -2.15. The Hall–Kier alpha value is -4.26. The number of carbonyl (C=O) groups is 2. The highest BCUT2D eigenvalue weighted by Crippen LogP contribution is 2.40. The number of hydrogen-bond donors (Lipinski definition) is 0. The quantitative estimate of drug-likeness (QED) is 0.114. The summed E-state index contributed by atoms with van der Waals surface area (Å²) in [5.41, 5.74) is 6.72. The molecule has 3 aromatic rings. The first kappa shape index (κ1) is 31.2. The zero-order chi connectivity index (χ0) is 30.7. The topological polar surface area (TPSA) is 80.3 Å². The van der Waals surface area contributed by atoms with Crippen molar-refractivity contribution >= 4 is 11.9 Å². The van der Waals surface area contributed by atoms with Crippen LogP contribution >= 0.6 is 0 Å². The lowest BCUT2D eigenvalue weighted by atomic mass is 9.76. The van der Waals surface area contributed by atoms with Crippen LogP contribution in [-0.2, 0) is 33.7 Å². The summed E-state index contributed by atoms with van der Waals surface area (Å²) in [6, 6.07) is 20.2. The van der Waals surface area contributed by atoms with Crippen molar-refractivity contribution in [2.24, 2.45) is 0 Å². The van der Waals surface area contributed by atoms with E-state index in [9.17, 15) is 9.59 Å². The van der Waals surface area contributed by atoms with Gasteiger partial charge in [0.15, 0.2) is 11.5 Å². The van der Waals surface area contributed by atoms with Gasteiger partial charge in [-0.2, -0.15) is 0 Å². The van der Waals surface area contributed by atoms with E-state index in [1.807, 2.05) is 42.5 Å². The highest BCUT2D eigenvalue weighted by molar-refractivity contribution is 5.89. The third-order valence-electron chi connectivity index (χ3n) is 8.45. The van der Waals surface area contributed by atoms with Crippen LogP contribution in [0.15, 0.2) is 72.3 Å². The van der Waals surface area contributed by atoms with Gasteiger partial charge in [-0.3, -0.25) is 4.79 Å². The van der Waals surface area contributed by atoms with Gasteiger partial charge in [0.05, 0.1) is 19.8 Å². The van der Waals surface area contributed by atoms with E-state index in [1.165, 1.54) is 36.5 Å². The van der Waals surface area contributed by atoms with Gasteiger partial charge in [-0.05, 0) is 104 Å². The molecule has 0 amide bonds. The molecule has 0 spiro atoms. The molecular formula is C37H42O7. The first-order chi connectivity index (χ1) is 21.6. The van der Waals surface area contributed by atoms with Gasteiger partial charge >= 0.3 is 11.9 Å². The maximum atomic E-state index is 12.2. The van der Waals surface area contributed by atoms with Crippen LogP contribution in [0.1, 0.15) is 83.5 Å². The van der Waals surface area contributed by atoms with Crippen molar-refractivity contribution < 1.29 is 33.3 Å². The van der Waals surface area contributed by atoms with Gasteiger partial charge in [-0.25, -0.2) is 4.79 Å². The molecule has 0 fully saturated rings. The normalized spacial score (nSPS) is 15.7. The molecule has 44 heavy (non-hydrogen) atoms. The second-order valence-electron chi connectivity index (χ2n) is 11.3. The van der Waals surface area contributed by atoms with Gasteiger partial charge in [0.1, 0.15) is 25.6 Å². The molecule has 7 heteroatoms. The Morgan fingerprint density at radius 3 is 2.59 bits per heavy atom. The number of carbonyl (C=O) groups excluding carboxylic acids is 2. The van der Waals surface area contributed by atoms with Gasteiger partial charge in [0.2, 0.25) is 0 Å². The fourth-order valence-electron chi connectivity index (χ4n) is 6.13. The van der Waals surface area contributed by atoms with Crippen molar-refractivity contribution in [2.75, 3.05) is 27.4 Å². The van der Waals surface area contributed by atoms with Gasteiger partial charge < -0.3 is 23.7 Å². The number of hydrogen-bond acceptors (Lipinski definition) is 7. The van der Waals surface area contributed by atoms with Crippen LogP contribution < -0.4 is 14.2 Å². The summed E-state index contributed by atoms with van der Waals surface area (Å²) in [6.45, 7) is 1.56. The van der Waals surface area contributed by atoms with E-state index in [0.29, 0.717) is 31.8 Å². The Bertz CT molecular complexity index is 1470. The third kappa shape index (κ3) is 8.01. The van der Waals surface area contributed by atoms with Crippen LogP contribution in [-0.4, -0.2) is 39.4 Å². The molecule has 7 nitrogen and oxygen atoms in total. The number of para-hydroxylation sites is 1. The number of esters is 2. The molecule has 1 atom stereocenters. The lowest BCUT2D eigenvalue weighted by molar-refractivity contribution is -0.140. The van der Waals surface area contributed by atoms with Crippen molar-refractivity contribution in [1.29, 1.82) is 0 Å². The van der Waals surface area contributed by atoms with Gasteiger partial charge in [-0.1, -0.05) is 42.0 Å². The maximum Gasteiger partial charge on any atom is 0.337 e. The van der Waals surface area contributed by atoms with Crippen LogP contribution in [0.4, 0.5) is 0 Å². The van der Waals surface area contributed by atoms with E-state index in [2.05, 4.69) is 24.3 Å². The highest BCUT2D eigenvalue weighted by atomic mass is 16.6. The lowest BCUT2D eigenvalue weighted by Gasteiger charge is -2.29. The summed E-state index contributed by atoms with van der Waals surface area (Å²) in [4.78, 5) is 23.8. The molecule has 1 heterocycles. The Labute approximate surface area is 260 Å². The van der Waals surface area contributed by atoms with E-state index in [-0.39, 0.29) is 17.9 Å². The number of benzene rings is 3. The zero-order valence-electron chi connectivity index (χ0n) is 25.8. The largest absolute Gasteiger partial charge is 0.489 e. The molecule has 5 rings (SSSR count). The second kappa shape index (κ2) is 15.5. The molecule has 232 valence electrons. The molecule has 0 bridgehead atoms. The van der Waals surface area contributed by atoms with E-state index < -0.39 is 0 Å². The number of fused-ring (bicyclic) bond motifs is 2. The molecule has 0 saturated heterocycles. The number of methoxy groups -OCH3 is 2. The summed E-state index contributed by atoms with van der Waals surface area (Å²) in [5.74, 6) is 2.24. The number of aryl methyl sites for hydroxylation is 2. The number of unbranched alkanes of at least 4 members (excludes halogenated alkanes) is 2. The predicted octanol–water partition coefficient (Wildman–Crippen LogP) is 7.54. The Balaban J connectivity index is 1.31. The van der Waals surface area contributed by atoms with E-state index in [1.54, 1.807) is 0 Å². The predicted molar refractivity (Wildman–Crippen MR) is 169 cm³/mol. The molecule has 1 aliphatic carbocycles. The first-order valence-electron chi connectivity index (χ1n) is 15.6. The Morgan fingerprint density at radius 2 is 1.75 bits per heavy atom. The SMILES string of the molecule is COC(=O)CCCC/C=C(\CCc1ccccc1OCc1ccc2c(c1)OCCO2)[C@@H]1CCCc2cc(C(=O)OC)ccc21. The van der Waals surface area contributed by atoms with E-state index >= 15 is 0 Å². The third-order valence-corrected chi connectivity index (χ3v) is 8.45. The number of rotatable bonds is 13. The molecule has 3 aromatic carbocycles. The van der Waals surface area contributed by atoms with Crippen molar-refractivity contribution in [1.82, 2.24) is 0 Å². The molecule has 0 saturated carbocycles. The average molecular weight is 599 g/mol. The zero-order valence-corrected chi connectivity index (χ0v) is 25.8. The summed E-state index contributed by atoms with van der Waals surface area (Å²) in [7, 11) is 2.85. The van der Waals surface area contributed by atoms with Crippen LogP contribution in [0.5, 0.6) is 17.2 Å². The number of ether oxygens (including phenoxy) is 5. The monoisotopic (exact) mass is 598 g/mol.